The summed E-state index contributed by atoms with van der Waals surface area (Å²) in [7, 11) is 1.83. The van der Waals surface area contributed by atoms with E-state index >= 15 is 0 Å². The predicted octanol–water partition coefficient (Wildman–Crippen LogP) is 3.84. The maximum absolute atomic E-state index is 11.9. The minimum absolute atomic E-state index is 0.0748. The molecular formula is C11H10BrNOS2. The second-order valence-electron chi connectivity index (χ2n) is 3.38. The Balaban J connectivity index is 2.03. The molecular weight excluding hydrogens is 306 g/mol. The van der Waals surface area contributed by atoms with Crippen molar-refractivity contribution < 1.29 is 4.79 Å². The van der Waals surface area contributed by atoms with Crippen LogP contribution in [0.1, 0.15) is 15.2 Å². The number of carbonyl (C=O) groups is 1. The van der Waals surface area contributed by atoms with Crippen LogP contribution in [0.5, 0.6) is 0 Å². The average Bonchev–Trinajstić information content (AvgIpc) is 2.88. The summed E-state index contributed by atoms with van der Waals surface area (Å²) in [5.41, 5.74) is 0.767. The van der Waals surface area contributed by atoms with Gasteiger partial charge in [0.2, 0.25) is 0 Å². The van der Waals surface area contributed by atoms with E-state index in [1.54, 1.807) is 27.6 Å². The first-order chi connectivity index (χ1) is 7.66. The molecule has 84 valence electrons. The highest BCUT2D eigenvalue weighted by molar-refractivity contribution is 9.11. The van der Waals surface area contributed by atoms with Crippen LogP contribution in [0.2, 0.25) is 0 Å². The fourth-order valence-electron chi connectivity index (χ4n) is 1.35. The molecule has 2 nitrogen and oxygen atoms in total. The maximum Gasteiger partial charge on any atom is 0.254 e. The van der Waals surface area contributed by atoms with Gasteiger partial charge in [0.05, 0.1) is 15.9 Å². The average molecular weight is 316 g/mol. The number of halogens is 1. The van der Waals surface area contributed by atoms with Crippen molar-refractivity contribution in [1.82, 2.24) is 4.90 Å². The van der Waals surface area contributed by atoms with Gasteiger partial charge in [-0.3, -0.25) is 4.79 Å². The number of thiophene rings is 2. The smallest absolute Gasteiger partial charge is 0.254 e. The molecule has 0 aromatic carbocycles. The molecule has 0 aliphatic carbocycles. The highest BCUT2D eigenvalue weighted by Crippen LogP contribution is 2.23. The first kappa shape index (κ1) is 11.8. The van der Waals surface area contributed by atoms with Crippen LogP contribution < -0.4 is 0 Å². The van der Waals surface area contributed by atoms with E-state index in [9.17, 15) is 4.79 Å². The Bertz CT molecular complexity index is 478. The van der Waals surface area contributed by atoms with Crippen molar-refractivity contribution in [3.63, 3.8) is 0 Å². The standard InChI is InChI=1S/C11H10BrNOS2/c1-13(6-9-2-3-10(12)16-9)11(14)8-4-5-15-7-8/h2-5,7H,6H2,1H3. The molecule has 16 heavy (non-hydrogen) atoms. The molecule has 2 aromatic rings. The molecule has 0 spiro atoms. The molecule has 0 unspecified atom stereocenters. The maximum atomic E-state index is 11.9. The van der Waals surface area contributed by atoms with Crippen LogP contribution >= 0.6 is 38.6 Å². The second kappa shape index (κ2) is 5.12. The number of rotatable bonds is 3. The van der Waals surface area contributed by atoms with Crippen LogP contribution in [0.4, 0.5) is 0 Å². The van der Waals surface area contributed by atoms with Gasteiger partial charge < -0.3 is 4.90 Å². The Labute approximate surface area is 111 Å². The first-order valence-corrected chi connectivity index (χ1v) is 7.24. The molecule has 0 saturated carbocycles. The fraction of sp³-hybridized carbons (Fsp3) is 0.182. The Hall–Kier alpha value is -0.650. The first-order valence-electron chi connectivity index (χ1n) is 4.68. The molecule has 0 aliphatic rings. The summed E-state index contributed by atoms with van der Waals surface area (Å²) >= 11 is 6.61. The summed E-state index contributed by atoms with van der Waals surface area (Å²) in [6, 6.07) is 5.89. The highest BCUT2D eigenvalue weighted by atomic mass is 79.9. The molecule has 0 N–H and O–H groups in total. The lowest BCUT2D eigenvalue weighted by molar-refractivity contribution is 0.0787. The zero-order valence-corrected chi connectivity index (χ0v) is 11.9. The molecule has 0 atom stereocenters. The van der Waals surface area contributed by atoms with E-state index in [2.05, 4.69) is 15.9 Å². The van der Waals surface area contributed by atoms with Gasteiger partial charge in [0, 0.05) is 17.3 Å². The van der Waals surface area contributed by atoms with Gasteiger partial charge in [-0.05, 0) is 39.5 Å². The molecule has 2 rings (SSSR count). The number of carbonyl (C=O) groups excluding carboxylic acids is 1. The lowest BCUT2D eigenvalue weighted by atomic mass is 10.3. The van der Waals surface area contributed by atoms with Crippen LogP contribution in [0, 0.1) is 0 Å². The third-order valence-electron chi connectivity index (χ3n) is 2.14. The molecule has 1 amide bonds. The minimum atomic E-state index is 0.0748. The lowest BCUT2D eigenvalue weighted by Gasteiger charge is -2.15. The molecule has 5 heteroatoms. The van der Waals surface area contributed by atoms with E-state index in [-0.39, 0.29) is 5.91 Å². The Morgan fingerprint density at radius 2 is 2.25 bits per heavy atom. The van der Waals surface area contributed by atoms with Gasteiger partial charge in [-0.1, -0.05) is 0 Å². The van der Waals surface area contributed by atoms with E-state index in [0.717, 1.165) is 9.35 Å². The molecule has 0 aliphatic heterocycles. The monoisotopic (exact) mass is 315 g/mol. The van der Waals surface area contributed by atoms with Gasteiger partial charge in [0.15, 0.2) is 0 Å². The summed E-state index contributed by atoms with van der Waals surface area (Å²) in [5, 5.41) is 3.80. The van der Waals surface area contributed by atoms with E-state index in [0.29, 0.717) is 6.54 Å². The third-order valence-corrected chi connectivity index (χ3v) is 4.43. The van der Waals surface area contributed by atoms with Crippen LogP contribution in [0.25, 0.3) is 0 Å². The Morgan fingerprint density at radius 3 is 2.81 bits per heavy atom. The van der Waals surface area contributed by atoms with Crippen molar-refractivity contribution in [2.75, 3.05) is 7.05 Å². The fourth-order valence-corrected chi connectivity index (χ4v) is 3.52. The van der Waals surface area contributed by atoms with Crippen molar-refractivity contribution in [2.24, 2.45) is 0 Å². The van der Waals surface area contributed by atoms with Crippen molar-refractivity contribution in [3.8, 4) is 0 Å². The summed E-state index contributed by atoms with van der Waals surface area (Å²) in [4.78, 5) is 14.9. The predicted molar refractivity (Wildman–Crippen MR) is 72.1 cm³/mol. The summed E-state index contributed by atoms with van der Waals surface area (Å²) in [6.07, 6.45) is 0. The van der Waals surface area contributed by atoms with E-state index in [1.165, 1.54) is 4.88 Å². The molecule has 0 fully saturated rings. The second-order valence-corrected chi connectivity index (χ2v) is 6.71. The van der Waals surface area contributed by atoms with Crippen LogP contribution in [-0.4, -0.2) is 17.9 Å². The van der Waals surface area contributed by atoms with Crippen LogP contribution in [0.3, 0.4) is 0 Å². The van der Waals surface area contributed by atoms with Crippen LogP contribution in [-0.2, 0) is 6.54 Å². The van der Waals surface area contributed by atoms with Gasteiger partial charge in [0.1, 0.15) is 0 Å². The van der Waals surface area contributed by atoms with E-state index in [1.807, 2.05) is 36.0 Å². The molecule has 0 bridgehead atoms. The number of hydrogen-bond acceptors (Lipinski definition) is 3. The lowest BCUT2D eigenvalue weighted by Crippen LogP contribution is -2.25. The highest BCUT2D eigenvalue weighted by Gasteiger charge is 2.12. The van der Waals surface area contributed by atoms with Crippen LogP contribution in [0.15, 0.2) is 32.7 Å². The van der Waals surface area contributed by atoms with Gasteiger partial charge >= 0.3 is 0 Å². The van der Waals surface area contributed by atoms with Crippen molar-refractivity contribution in [3.05, 3.63) is 43.2 Å². The molecule has 0 radical (unpaired) electrons. The van der Waals surface area contributed by atoms with Crippen molar-refractivity contribution >= 4 is 44.5 Å². The summed E-state index contributed by atoms with van der Waals surface area (Å²) in [5.74, 6) is 0.0748. The zero-order valence-electron chi connectivity index (χ0n) is 8.64. The number of nitrogens with zero attached hydrogens (tertiary/aromatic N) is 1. The van der Waals surface area contributed by atoms with Gasteiger partial charge in [-0.2, -0.15) is 11.3 Å². The zero-order chi connectivity index (χ0) is 11.5. The number of hydrogen-bond donors (Lipinski definition) is 0. The Kier molecular flexibility index (Phi) is 3.78. The van der Waals surface area contributed by atoms with E-state index in [4.69, 9.17) is 0 Å². The van der Waals surface area contributed by atoms with Gasteiger partial charge in [0.25, 0.3) is 5.91 Å². The topological polar surface area (TPSA) is 20.3 Å². The van der Waals surface area contributed by atoms with Crippen molar-refractivity contribution in [1.29, 1.82) is 0 Å². The molecule has 2 aromatic heterocycles. The van der Waals surface area contributed by atoms with Crippen molar-refractivity contribution in [2.45, 2.75) is 6.54 Å². The Morgan fingerprint density at radius 1 is 1.44 bits per heavy atom. The molecule has 0 saturated heterocycles. The largest absolute Gasteiger partial charge is 0.337 e. The molecule has 2 heterocycles. The summed E-state index contributed by atoms with van der Waals surface area (Å²) in [6.45, 7) is 0.658. The normalized spacial score (nSPS) is 10.4. The minimum Gasteiger partial charge on any atom is -0.337 e. The SMILES string of the molecule is CN(Cc1ccc(Br)s1)C(=O)c1ccsc1. The quantitative estimate of drug-likeness (QED) is 0.842. The van der Waals surface area contributed by atoms with Gasteiger partial charge in [-0.15, -0.1) is 11.3 Å². The summed E-state index contributed by atoms with van der Waals surface area (Å²) < 4.78 is 1.10. The van der Waals surface area contributed by atoms with E-state index < -0.39 is 0 Å². The number of amides is 1. The van der Waals surface area contributed by atoms with Gasteiger partial charge in [-0.25, -0.2) is 0 Å². The third kappa shape index (κ3) is 2.72.